The number of aliphatic hydroxyl groups is 1. The van der Waals surface area contributed by atoms with E-state index in [1.54, 1.807) is 17.9 Å². The van der Waals surface area contributed by atoms with Crippen molar-refractivity contribution in [2.24, 2.45) is 5.92 Å². The number of carbonyl (C=O) groups excluding carboxylic acids is 1. The minimum atomic E-state index is -4.34. The average molecular weight is 537 g/mol. The maximum Gasteiger partial charge on any atom is 0.410 e. The minimum Gasteiger partial charge on any atom is -0.481 e. The van der Waals surface area contributed by atoms with E-state index in [0.29, 0.717) is 18.1 Å². The molecule has 0 aliphatic carbocycles. The number of amides is 1. The van der Waals surface area contributed by atoms with Crippen LogP contribution in [0.3, 0.4) is 0 Å². The summed E-state index contributed by atoms with van der Waals surface area (Å²) in [5.41, 5.74) is -2.19. The average Bonchev–Trinajstić information content (AvgIpc) is 3.37. The number of fused-ring (bicyclic) bond motifs is 1. The van der Waals surface area contributed by atoms with Crippen LogP contribution in [0.1, 0.15) is 70.7 Å². The Bertz CT molecular complexity index is 1010. The molecule has 1 fully saturated rings. The van der Waals surface area contributed by atoms with Crippen LogP contribution in [0.15, 0.2) is 6.07 Å². The van der Waals surface area contributed by atoms with Crippen LogP contribution < -0.4 is 5.32 Å². The number of nitrogens with zero attached hydrogens (tertiary/aromatic N) is 3. The van der Waals surface area contributed by atoms with E-state index in [1.165, 1.54) is 0 Å². The molecule has 37 heavy (non-hydrogen) atoms. The molecule has 2 aliphatic rings. The van der Waals surface area contributed by atoms with Crippen molar-refractivity contribution in [3.8, 4) is 0 Å². The van der Waals surface area contributed by atoms with E-state index in [0.717, 1.165) is 17.5 Å². The summed E-state index contributed by atoms with van der Waals surface area (Å²) in [5.74, 6) is -4.74. The Labute approximate surface area is 210 Å². The number of carboxylic acids is 3. The number of hydrogen-bond acceptors (Lipinski definition) is 7. The predicted octanol–water partition coefficient (Wildman–Crippen LogP) is 2.26. The van der Waals surface area contributed by atoms with Gasteiger partial charge in [0, 0.05) is 24.6 Å². The van der Waals surface area contributed by atoms with Crippen LogP contribution in [0.2, 0.25) is 0 Å². The van der Waals surface area contributed by atoms with Gasteiger partial charge in [-0.05, 0) is 26.2 Å². The molecule has 208 valence electrons. The van der Waals surface area contributed by atoms with Gasteiger partial charge in [0.25, 0.3) is 0 Å². The topological polar surface area (TPSA) is 182 Å². The lowest BCUT2D eigenvalue weighted by Crippen LogP contribution is -2.42. The van der Waals surface area contributed by atoms with Gasteiger partial charge in [-0.15, -0.1) is 0 Å². The Morgan fingerprint density at radius 1 is 1.14 bits per heavy atom. The number of carboxylic acid groups (broad SMARTS) is 3. The zero-order chi connectivity index (χ0) is 28.3. The van der Waals surface area contributed by atoms with Crippen molar-refractivity contribution in [2.45, 2.75) is 82.8 Å². The molecule has 3 heterocycles. The van der Waals surface area contributed by atoms with Crippen molar-refractivity contribution < 1.29 is 52.8 Å². The summed E-state index contributed by atoms with van der Waals surface area (Å²) in [4.78, 5) is 44.6. The molecule has 5 N–H and O–H groups in total. The molecule has 1 saturated heterocycles. The highest BCUT2D eigenvalue weighted by atomic mass is 19.4. The molecular formula is C22H31F3N4O8. The van der Waals surface area contributed by atoms with Gasteiger partial charge in [-0.3, -0.25) is 14.4 Å². The molecule has 2 aliphatic heterocycles. The molecular weight excluding hydrogens is 505 g/mol. The number of aromatic nitrogens is 2. The first-order valence-electron chi connectivity index (χ1n) is 11.6. The monoisotopic (exact) mass is 536 g/mol. The summed E-state index contributed by atoms with van der Waals surface area (Å²) in [6, 6.07) is -0.451. The second kappa shape index (κ2) is 11.4. The first-order chi connectivity index (χ1) is 17.0. The Kier molecular flexibility index (Phi) is 9.17. The summed E-state index contributed by atoms with van der Waals surface area (Å²) < 4.78 is 41.1. The van der Waals surface area contributed by atoms with Gasteiger partial charge in [-0.25, -0.2) is 9.48 Å². The Morgan fingerprint density at radius 3 is 2.16 bits per heavy atom. The first kappa shape index (κ1) is 29.9. The number of rotatable bonds is 7. The number of hydrogen-bond donors (Lipinski definition) is 5. The molecule has 12 nitrogen and oxygen atoms in total. The lowest BCUT2D eigenvalue weighted by atomic mass is 9.96. The van der Waals surface area contributed by atoms with Crippen LogP contribution in [-0.4, -0.2) is 83.3 Å². The second-order valence-corrected chi connectivity index (χ2v) is 9.56. The number of likely N-dealkylation sites (tertiary alicyclic amines) is 1. The van der Waals surface area contributed by atoms with Crippen LogP contribution in [0.25, 0.3) is 0 Å². The molecule has 15 heteroatoms. The van der Waals surface area contributed by atoms with Gasteiger partial charge in [0.2, 0.25) is 5.91 Å². The van der Waals surface area contributed by atoms with Gasteiger partial charge >= 0.3 is 24.1 Å². The van der Waals surface area contributed by atoms with E-state index in [-0.39, 0.29) is 30.3 Å². The van der Waals surface area contributed by atoms with Gasteiger partial charge in [0.1, 0.15) is 5.82 Å². The fraction of sp³-hybridized carbons (Fsp3) is 0.682. The van der Waals surface area contributed by atoms with E-state index in [9.17, 15) is 32.3 Å². The van der Waals surface area contributed by atoms with Gasteiger partial charge in [-0.1, -0.05) is 13.8 Å². The Morgan fingerprint density at radius 2 is 1.70 bits per heavy atom. The van der Waals surface area contributed by atoms with Crippen LogP contribution in [0, 0.1) is 5.92 Å². The molecule has 0 saturated carbocycles. The van der Waals surface area contributed by atoms with Crippen LogP contribution >= 0.6 is 0 Å². The zero-order valence-corrected chi connectivity index (χ0v) is 20.5. The zero-order valence-electron chi connectivity index (χ0n) is 20.5. The largest absolute Gasteiger partial charge is 0.481 e. The molecule has 0 bridgehead atoms. The molecule has 3 atom stereocenters. The Hall–Kier alpha value is -3.36. The highest BCUT2D eigenvalue weighted by Gasteiger charge is 2.46. The van der Waals surface area contributed by atoms with Gasteiger partial charge in [-0.2, -0.15) is 18.3 Å². The highest BCUT2D eigenvalue weighted by molar-refractivity contribution is 5.88. The maximum absolute atomic E-state index is 13.3. The molecule has 0 radical (unpaired) electrons. The minimum absolute atomic E-state index is 0.0252. The highest BCUT2D eigenvalue weighted by Crippen LogP contribution is 2.41. The number of alkyl halides is 3. The number of carbonyl (C=O) groups is 4. The number of anilines is 1. The normalized spacial score (nSPS) is 21.5. The van der Waals surface area contributed by atoms with E-state index in [2.05, 4.69) is 10.4 Å². The van der Waals surface area contributed by atoms with Crippen molar-refractivity contribution in [2.75, 3.05) is 11.9 Å². The Balaban J connectivity index is 0.000000317. The number of nitrogens with one attached hydrogen (secondary N) is 1. The fourth-order valence-corrected chi connectivity index (χ4v) is 4.32. The van der Waals surface area contributed by atoms with E-state index < -0.39 is 48.6 Å². The number of halogens is 3. The van der Waals surface area contributed by atoms with E-state index >= 15 is 0 Å². The van der Waals surface area contributed by atoms with Gasteiger partial charge in [0.05, 0.1) is 24.6 Å². The molecule has 1 aromatic heterocycles. The molecule has 0 aromatic carbocycles. The van der Waals surface area contributed by atoms with Crippen LogP contribution in [0.4, 0.5) is 19.0 Å². The van der Waals surface area contributed by atoms with Crippen molar-refractivity contribution in [3.05, 3.63) is 11.8 Å². The summed E-state index contributed by atoms with van der Waals surface area (Å²) in [6.07, 6.45) is -5.09. The standard InChI is InChI=1S/C16H23F3N4O.C6H8O7/c1-9(2)15(24)22-6-4-5-12(22)11-8-14-20-10(3)7-13(16(17,18)19)23(14)21-11;7-3(8)1-6(13,5(11)12)2-4(9)10/h8-10,12-13,20H,4-7H2,1-3H3;13H,1-2H2,(H,7,8)(H,9,10)(H,11,12)/t10-,12?,13-;/m1./s1. The van der Waals surface area contributed by atoms with E-state index in [1.807, 2.05) is 13.8 Å². The summed E-state index contributed by atoms with van der Waals surface area (Å²) in [5, 5.41) is 41.1. The van der Waals surface area contributed by atoms with Crippen molar-refractivity contribution in [1.82, 2.24) is 14.7 Å². The first-order valence-corrected chi connectivity index (χ1v) is 11.6. The summed E-state index contributed by atoms with van der Waals surface area (Å²) >= 11 is 0. The smallest absolute Gasteiger partial charge is 0.410 e. The molecule has 1 unspecified atom stereocenters. The molecule has 1 aromatic rings. The van der Waals surface area contributed by atoms with Crippen LogP contribution in [0.5, 0.6) is 0 Å². The summed E-state index contributed by atoms with van der Waals surface area (Å²) in [7, 11) is 0. The van der Waals surface area contributed by atoms with Crippen molar-refractivity contribution in [1.29, 1.82) is 0 Å². The second-order valence-electron chi connectivity index (χ2n) is 9.56. The lowest BCUT2D eigenvalue weighted by Gasteiger charge is -2.31. The van der Waals surface area contributed by atoms with Crippen molar-refractivity contribution >= 4 is 29.6 Å². The molecule has 1 amide bonds. The third kappa shape index (κ3) is 7.33. The van der Waals surface area contributed by atoms with E-state index in [4.69, 9.17) is 20.4 Å². The number of aliphatic carboxylic acids is 3. The molecule has 3 rings (SSSR count). The van der Waals surface area contributed by atoms with Crippen LogP contribution in [-0.2, 0) is 19.2 Å². The lowest BCUT2D eigenvalue weighted by molar-refractivity contribution is -0.173. The van der Waals surface area contributed by atoms with Crippen molar-refractivity contribution in [3.63, 3.8) is 0 Å². The summed E-state index contributed by atoms with van der Waals surface area (Å²) in [6.45, 7) is 6.03. The fourth-order valence-electron chi connectivity index (χ4n) is 4.32. The third-order valence-electron chi connectivity index (χ3n) is 6.06. The third-order valence-corrected chi connectivity index (χ3v) is 6.06. The quantitative estimate of drug-likeness (QED) is 0.347. The maximum atomic E-state index is 13.3. The molecule has 0 spiro atoms. The SMILES string of the molecule is CC(C)C(=O)N1CCCC1c1cc2n(n1)[C@@H](C(F)(F)F)C[C@@H](C)N2.O=C(O)CC(O)(CC(=O)O)C(=O)O. The van der Waals surface area contributed by atoms with Gasteiger partial charge < -0.3 is 30.6 Å². The van der Waals surface area contributed by atoms with Gasteiger partial charge in [0.15, 0.2) is 11.6 Å². The predicted molar refractivity (Wildman–Crippen MR) is 121 cm³/mol.